The second-order valence-corrected chi connectivity index (χ2v) is 6.43. The molecular weight excluding hydrogens is 277 g/mol. The SMILES string of the molecule is O=C(NC1CCS(=O)(=O)C1)OC(CCl)CCl. The van der Waals surface area contributed by atoms with E-state index < -0.39 is 22.0 Å². The topological polar surface area (TPSA) is 72.5 Å². The Kier molecular flexibility index (Phi) is 5.14. The third-order valence-electron chi connectivity index (χ3n) is 2.17. The molecule has 1 heterocycles. The molecule has 0 radical (unpaired) electrons. The highest BCUT2D eigenvalue weighted by Crippen LogP contribution is 2.11. The minimum Gasteiger partial charge on any atom is -0.444 e. The number of alkyl carbamates (subject to hydrolysis) is 1. The van der Waals surface area contributed by atoms with Gasteiger partial charge in [-0.25, -0.2) is 13.2 Å². The Labute approximate surface area is 104 Å². The van der Waals surface area contributed by atoms with Crippen molar-refractivity contribution in [2.75, 3.05) is 23.3 Å². The molecule has 1 N–H and O–H groups in total. The molecule has 1 aliphatic heterocycles. The number of nitrogens with one attached hydrogen (secondary N) is 1. The van der Waals surface area contributed by atoms with Crippen LogP contribution in [0.5, 0.6) is 0 Å². The summed E-state index contributed by atoms with van der Waals surface area (Å²) in [6.07, 6.45) is -0.807. The van der Waals surface area contributed by atoms with Gasteiger partial charge in [0, 0.05) is 6.04 Å². The Morgan fingerprint density at radius 1 is 1.44 bits per heavy atom. The minimum absolute atomic E-state index is 0.0332. The smallest absolute Gasteiger partial charge is 0.407 e. The maximum Gasteiger partial charge on any atom is 0.407 e. The second kappa shape index (κ2) is 5.93. The van der Waals surface area contributed by atoms with Crippen LogP contribution in [0.4, 0.5) is 4.79 Å². The highest BCUT2D eigenvalue weighted by Gasteiger charge is 2.29. The summed E-state index contributed by atoms with van der Waals surface area (Å²) in [6, 6.07) is -0.371. The van der Waals surface area contributed by atoms with Gasteiger partial charge in [-0.05, 0) is 6.42 Å². The van der Waals surface area contributed by atoms with Gasteiger partial charge in [-0.1, -0.05) is 0 Å². The Balaban J connectivity index is 2.35. The molecule has 8 heteroatoms. The normalized spacial score (nSPS) is 23.3. The van der Waals surface area contributed by atoms with E-state index in [4.69, 9.17) is 27.9 Å². The molecule has 0 aliphatic carbocycles. The van der Waals surface area contributed by atoms with Crippen LogP contribution in [0.2, 0.25) is 0 Å². The zero-order valence-corrected chi connectivity index (χ0v) is 10.8. The first kappa shape index (κ1) is 13.9. The molecule has 0 aromatic rings. The zero-order chi connectivity index (χ0) is 12.2. The highest BCUT2D eigenvalue weighted by molar-refractivity contribution is 7.91. The number of amides is 1. The van der Waals surface area contributed by atoms with E-state index in [0.717, 1.165) is 0 Å². The van der Waals surface area contributed by atoms with E-state index in [-0.39, 0.29) is 29.3 Å². The molecule has 0 saturated carbocycles. The highest BCUT2D eigenvalue weighted by atomic mass is 35.5. The number of halogens is 2. The lowest BCUT2D eigenvalue weighted by atomic mass is 10.3. The van der Waals surface area contributed by atoms with E-state index in [1.54, 1.807) is 0 Å². The number of sulfone groups is 1. The van der Waals surface area contributed by atoms with Crippen LogP contribution in [-0.2, 0) is 14.6 Å². The number of hydrogen-bond donors (Lipinski definition) is 1. The molecule has 1 fully saturated rings. The summed E-state index contributed by atoms with van der Waals surface area (Å²) in [5.41, 5.74) is 0. The average Bonchev–Trinajstić information content (AvgIpc) is 2.54. The summed E-state index contributed by atoms with van der Waals surface area (Å²) in [4.78, 5) is 11.3. The van der Waals surface area contributed by atoms with Crippen molar-refractivity contribution in [1.29, 1.82) is 0 Å². The molecule has 5 nitrogen and oxygen atoms in total. The fraction of sp³-hybridized carbons (Fsp3) is 0.875. The predicted octanol–water partition coefficient (Wildman–Crippen LogP) is 0.746. The minimum atomic E-state index is -3.00. The fourth-order valence-electron chi connectivity index (χ4n) is 1.37. The molecular formula is C8H13Cl2NO4S. The summed E-state index contributed by atoms with van der Waals surface area (Å²) >= 11 is 11.0. The molecule has 1 aliphatic rings. The monoisotopic (exact) mass is 289 g/mol. The number of carbonyl (C=O) groups excluding carboxylic acids is 1. The molecule has 1 saturated heterocycles. The first-order valence-corrected chi connectivity index (χ1v) is 7.65. The summed E-state index contributed by atoms with van der Waals surface area (Å²) in [5, 5.41) is 2.48. The summed E-state index contributed by atoms with van der Waals surface area (Å²) < 4.78 is 27.1. The van der Waals surface area contributed by atoms with Crippen molar-refractivity contribution in [3.8, 4) is 0 Å². The molecule has 1 amide bonds. The lowest BCUT2D eigenvalue weighted by Crippen LogP contribution is -2.38. The van der Waals surface area contributed by atoms with Gasteiger partial charge >= 0.3 is 6.09 Å². The van der Waals surface area contributed by atoms with Gasteiger partial charge in [0.15, 0.2) is 9.84 Å². The standard InChI is InChI=1S/C8H13Cl2NO4S/c9-3-7(4-10)15-8(12)11-6-1-2-16(13,14)5-6/h6-7H,1-5H2,(H,11,12). The molecule has 0 spiro atoms. The predicted molar refractivity (Wildman–Crippen MR) is 61.9 cm³/mol. The molecule has 0 aromatic carbocycles. The van der Waals surface area contributed by atoms with Crippen molar-refractivity contribution in [3.63, 3.8) is 0 Å². The quantitative estimate of drug-likeness (QED) is 0.775. The van der Waals surface area contributed by atoms with Crippen LogP contribution in [0.3, 0.4) is 0 Å². The van der Waals surface area contributed by atoms with Crippen LogP contribution in [0, 0.1) is 0 Å². The van der Waals surface area contributed by atoms with Gasteiger partial charge in [0.1, 0.15) is 6.10 Å². The van der Waals surface area contributed by atoms with Crippen molar-refractivity contribution < 1.29 is 17.9 Å². The fourth-order valence-corrected chi connectivity index (χ4v) is 3.49. The van der Waals surface area contributed by atoms with Crippen LogP contribution in [0.15, 0.2) is 0 Å². The zero-order valence-electron chi connectivity index (χ0n) is 8.49. The van der Waals surface area contributed by atoms with Gasteiger partial charge in [0.2, 0.25) is 0 Å². The van der Waals surface area contributed by atoms with Crippen LogP contribution < -0.4 is 5.32 Å². The van der Waals surface area contributed by atoms with Crippen molar-refractivity contribution in [1.82, 2.24) is 5.32 Å². The van der Waals surface area contributed by atoms with E-state index in [9.17, 15) is 13.2 Å². The van der Waals surface area contributed by atoms with E-state index in [1.165, 1.54) is 0 Å². The van der Waals surface area contributed by atoms with Gasteiger partial charge in [-0.3, -0.25) is 0 Å². The number of ether oxygens (including phenoxy) is 1. The van der Waals surface area contributed by atoms with Gasteiger partial charge in [0.05, 0.1) is 23.3 Å². The van der Waals surface area contributed by atoms with Crippen molar-refractivity contribution in [2.45, 2.75) is 18.6 Å². The molecule has 0 aromatic heterocycles. The van der Waals surface area contributed by atoms with Gasteiger partial charge in [-0.2, -0.15) is 0 Å². The lowest BCUT2D eigenvalue weighted by molar-refractivity contribution is 0.116. The molecule has 1 unspecified atom stereocenters. The Bertz CT molecular complexity index is 342. The third kappa shape index (κ3) is 4.35. The van der Waals surface area contributed by atoms with Crippen molar-refractivity contribution in [3.05, 3.63) is 0 Å². The van der Waals surface area contributed by atoms with Gasteiger partial charge in [-0.15, -0.1) is 23.2 Å². The van der Waals surface area contributed by atoms with Crippen LogP contribution in [0.25, 0.3) is 0 Å². The number of carbonyl (C=O) groups is 1. The summed E-state index contributed by atoms with van der Waals surface area (Å²) in [7, 11) is -3.00. The van der Waals surface area contributed by atoms with Crippen LogP contribution in [-0.4, -0.2) is 49.9 Å². The summed E-state index contributed by atoms with van der Waals surface area (Å²) in [5.74, 6) is 0.292. The van der Waals surface area contributed by atoms with Gasteiger partial charge in [0.25, 0.3) is 0 Å². The van der Waals surface area contributed by atoms with Crippen LogP contribution in [0.1, 0.15) is 6.42 Å². The summed E-state index contributed by atoms with van der Waals surface area (Å²) in [6.45, 7) is 0. The molecule has 1 rings (SSSR count). The molecule has 0 bridgehead atoms. The lowest BCUT2D eigenvalue weighted by Gasteiger charge is -2.15. The maximum atomic E-state index is 11.3. The van der Waals surface area contributed by atoms with Gasteiger partial charge < -0.3 is 10.1 Å². The Morgan fingerprint density at radius 3 is 2.50 bits per heavy atom. The third-order valence-corrected chi connectivity index (χ3v) is 4.63. The first-order valence-electron chi connectivity index (χ1n) is 4.76. The number of hydrogen-bond acceptors (Lipinski definition) is 4. The average molecular weight is 290 g/mol. The van der Waals surface area contributed by atoms with Crippen LogP contribution >= 0.6 is 23.2 Å². The van der Waals surface area contributed by atoms with Crippen molar-refractivity contribution in [2.24, 2.45) is 0 Å². The first-order chi connectivity index (χ1) is 7.46. The largest absolute Gasteiger partial charge is 0.444 e. The van der Waals surface area contributed by atoms with E-state index in [1.807, 2.05) is 0 Å². The van der Waals surface area contributed by atoms with E-state index in [0.29, 0.717) is 6.42 Å². The van der Waals surface area contributed by atoms with Crippen molar-refractivity contribution >= 4 is 39.1 Å². The molecule has 1 atom stereocenters. The number of alkyl halides is 2. The van der Waals surface area contributed by atoms with E-state index in [2.05, 4.69) is 5.32 Å². The van der Waals surface area contributed by atoms with E-state index >= 15 is 0 Å². The molecule has 94 valence electrons. The maximum absolute atomic E-state index is 11.3. The second-order valence-electron chi connectivity index (χ2n) is 3.58. The Hall–Kier alpha value is -0.200. The number of rotatable bonds is 4. The molecule has 16 heavy (non-hydrogen) atoms. The Morgan fingerprint density at radius 2 is 2.06 bits per heavy atom.